The van der Waals surface area contributed by atoms with E-state index >= 15 is 0 Å². The molecular weight excluding hydrogens is 199 g/mol. The second kappa shape index (κ2) is 5.19. The zero-order chi connectivity index (χ0) is 11.4. The van der Waals surface area contributed by atoms with Gasteiger partial charge in [0.2, 0.25) is 0 Å². The number of nitrogens with one attached hydrogen (secondary N) is 1. The summed E-state index contributed by atoms with van der Waals surface area (Å²) in [6, 6.07) is -0.839. The smallest absolute Gasteiger partial charge is 0.394 e. The first-order chi connectivity index (χ1) is 6.32. The topological polar surface area (TPSA) is 49.3 Å². The number of carbonyl (C=O) groups excluding carboxylic acids is 1. The van der Waals surface area contributed by atoms with Crippen LogP contribution < -0.4 is 5.32 Å². The van der Waals surface area contributed by atoms with Crippen LogP contribution in [0.2, 0.25) is 0 Å². The van der Waals surface area contributed by atoms with Crippen molar-refractivity contribution in [2.75, 3.05) is 6.61 Å². The van der Waals surface area contributed by atoms with Crippen LogP contribution in [0.3, 0.4) is 0 Å². The molecule has 0 saturated heterocycles. The molecule has 2 atom stereocenters. The van der Waals surface area contributed by atoms with Crippen LogP contribution in [-0.4, -0.2) is 29.8 Å². The molecule has 0 aromatic heterocycles. The first-order valence-corrected chi connectivity index (χ1v) is 4.31. The van der Waals surface area contributed by atoms with Gasteiger partial charge in [0.05, 0.1) is 12.6 Å². The van der Waals surface area contributed by atoms with E-state index in [2.05, 4.69) is 0 Å². The van der Waals surface area contributed by atoms with E-state index < -0.39 is 24.7 Å². The number of hydrogen-bond donors (Lipinski definition) is 2. The summed E-state index contributed by atoms with van der Waals surface area (Å²) in [7, 11) is 0. The van der Waals surface area contributed by atoms with E-state index in [1.807, 2.05) is 0 Å². The van der Waals surface area contributed by atoms with Crippen molar-refractivity contribution in [2.45, 2.75) is 32.5 Å². The third-order valence-electron chi connectivity index (χ3n) is 2.10. The van der Waals surface area contributed by atoms with Crippen LogP contribution in [0, 0.1) is 5.92 Å². The molecule has 0 heterocycles. The average molecular weight is 213 g/mol. The summed E-state index contributed by atoms with van der Waals surface area (Å²) >= 11 is 0. The lowest BCUT2D eigenvalue weighted by Gasteiger charge is -2.22. The Kier molecular flexibility index (Phi) is 4.90. The highest BCUT2D eigenvalue weighted by Gasteiger charge is 2.40. The molecule has 0 rings (SSSR count). The van der Waals surface area contributed by atoms with Crippen LogP contribution in [0.1, 0.15) is 20.3 Å². The zero-order valence-electron chi connectivity index (χ0n) is 8.06. The summed E-state index contributed by atoms with van der Waals surface area (Å²) in [5, 5.41) is 10.5. The molecule has 0 aliphatic carbocycles. The van der Waals surface area contributed by atoms with Crippen molar-refractivity contribution in [3.8, 4) is 0 Å². The van der Waals surface area contributed by atoms with Crippen LogP contribution in [0.25, 0.3) is 0 Å². The number of amides is 1. The maximum Gasteiger partial charge on any atom is 0.471 e. The van der Waals surface area contributed by atoms with E-state index in [1.54, 1.807) is 19.2 Å². The third-order valence-corrected chi connectivity index (χ3v) is 2.10. The summed E-state index contributed by atoms with van der Waals surface area (Å²) < 4.78 is 35.5. The van der Waals surface area contributed by atoms with Gasteiger partial charge in [0.1, 0.15) is 0 Å². The van der Waals surface area contributed by atoms with Gasteiger partial charge in [-0.05, 0) is 5.92 Å². The average Bonchev–Trinajstić information content (AvgIpc) is 2.10. The highest BCUT2D eigenvalue weighted by Crippen LogP contribution is 2.16. The summed E-state index contributed by atoms with van der Waals surface area (Å²) in [5.41, 5.74) is 0. The third kappa shape index (κ3) is 3.95. The number of aliphatic hydroxyl groups is 1. The molecule has 84 valence electrons. The van der Waals surface area contributed by atoms with Crippen LogP contribution in [0.5, 0.6) is 0 Å². The summed E-state index contributed by atoms with van der Waals surface area (Å²) in [6.07, 6.45) is -4.30. The van der Waals surface area contributed by atoms with Gasteiger partial charge in [-0.1, -0.05) is 20.3 Å². The molecule has 0 fully saturated rings. The van der Waals surface area contributed by atoms with Crippen molar-refractivity contribution in [1.29, 1.82) is 0 Å². The van der Waals surface area contributed by atoms with E-state index in [-0.39, 0.29) is 5.92 Å². The van der Waals surface area contributed by atoms with Crippen molar-refractivity contribution in [3.63, 3.8) is 0 Å². The van der Waals surface area contributed by atoms with Crippen LogP contribution in [0.15, 0.2) is 0 Å². The molecule has 6 heteroatoms. The molecule has 0 saturated carbocycles. The number of rotatable bonds is 4. The van der Waals surface area contributed by atoms with E-state index in [0.717, 1.165) is 0 Å². The van der Waals surface area contributed by atoms with Gasteiger partial charge in [0.25, 0.3) is 0 Å². The second-order valence-corrected chi connectivity index (χ2v) is 3.15. The largest absolute Gasteiger partial charge is 0.471 e. The summed E-state index contributed by atoms with van der Waals surface area (Å²) in [4.78, 5) is 10.5. The van der Waals surface area contributed by atoms with Gasteiger partial charge < -0.3 is 10.4 Å². The molecular formula is C8H14F3NO2. The first-order valence-electron chi connectivity index (χ1n) is 4.31. The maximum absolute atomic E-state index is 11.8. The Morgan fingerprint density at radius 1 is 1.50 bits per heavy atom. The molecule has 0 unspecified atom stereocenters. The standard InChI is InChI=1S/C8H14F3NO2/c1-3-5(2)6(4-13)12-7(14)8(9,10)11/h5-6,13H,3-4H2,1-2H3,(H,12,14)/t5-,6+/m0/s1. The van der Waals surface area contributed by atoms with Crippen molar-refractivity contribution < 1.29 is 23.1 Å². The molecule has 0 aliphatic heterocycles. The Balaban J connectivity index is 4.26. The molecule has 0 aromatic carbocycles. The van der Waals surface area contributed by atoms with Gasteiger partial charge in [0, 0.05) is 0 Å². The number of hydrogen-bond acceptors (Lipinski definition) is 2. The minimum absolute atomic E-state index is 0.189. The van der Waals surface area contributed by atoms with Gasteiger partial charge in [-0.15, -0.1) is 0 Å². The van der Waals surface area contributed by atoms with Gasteiger partial charge in [-0.3, -0.25) is 4.79 Å². The molecule has 1 amide bonds. The molecule has 0 radical (unpaired) electrons. The van der Waals surface area contributed by atoms with E-state index in [4.69, 9.17) is 5.11 Å². The fourth-order valence-corrected chi connectivity index (χ4v) is 0.903. The zero-order valence-corrected chi connectivity index (χ0v) is 8.06. The predicted octanol–water partition coefficient (Wildman–Crippen LogP) is 1.07. The molecule has 14 heavy (non-hydrogen) atoms. The molecule has 0 aromatic rings. The number of halogens is 3. The Hall–Kier alpha value is -0.780. The first kappa shape index (κ1) is 13.2. The summed E-state index contributed by atoms with van der Waals surface area (Å²) in [5.74, 6) is -2.19. The van der Waals surface area contributed by atoms with Crippen LogP contribution >= 0.6 is 0 Å². The SMILES string of the molecule is CC[C@H](C)[C@@H](CO)NC(=O)C(F)(F)F. The summed E-state index contributed by atoms with van der Waals surface area (Å²) in [6.45, 7) is 2.95. The van der Waals surface area contributed by atoms with E-state index in [1.165, 1.54) is 0 Å². The quantitative estimate of drug-likeness (QED) is 0.734. The molecule has 0 spiro atoms. The molecule has 0 aliphatic rings. The molecule has 3 nitrogen and oxygen atoms in total. The predicted molar refractivity (Wildman–Crippen MR) is 44.5 cm³/mol. The van der Waals surface area contributed by atoms with Gasteiger partial charge in [-0.25, -0.2) is 0 Å². The number of alkyl halides is 3. The van der Waals surface area contributed by atoms with Crippen molar-refractivity contribution in [3.05, 3.63) is 0 Å². The van der Waals surface area contributed by atoms with E-state index in [9.17, 15) is 18.0 Å². The molecule has 0 bridgehead atoms. The van der Waals surface area contributed by atoms with Gasteiger partial charge in [-0.2, -0.15) is 13.2 Å². The number of carbonyl (C=O) groups is 1. The Labute approximate surface area is 80.3 Å². The van der Waals surface area contributed by atoms with Crippen molar-refractivity contribution in [1.82, 2.24) is 5.32 Å². The Morgan fingerprint density at radius 3 is 2.29 bits per heavy atom. The molecule has 2 N–H and O–H groups in total. The van der Waals surface area contributed by atoms with Gasteiger partial charge in [0.15, 0.2) is 0 Å². The highest BCUT2D eigenvalue weighted by atomic mass is 19.4. The monoisotopic (exact) mass is 213 g/mol. The fraction of sp³-hybridized carbons (Fsp3) is 0.875. The fourth-order valence-electron chi connectivity index (χ4n) is 0.903. The number of aliphatic hydroxyl groups excluding tert-OH is 1. The van der Waals surface area contributed by atoms with Gasteiger partial charge >= 0.3 is 12.1 Å². The highest BCUT2D eigenvalue weighted by molar-refractivity contribution is 5.81. The second-order valence-electron chi connectivity index (χ2n) is 3.15. The van der Waals surface area contributed by atoms with Crippen LogP contribution in [-0.2, 0) is 4.79 Å². The normalized spacial score (nSPS) is 16.1. The van der Waals surface area contributed by atoms with Crippen molar-refractivity contribution >= 4 is 5.91 Å². The lowest BCUT2D eigenvalue weighted by Crippen LogP contribution is -2.47. The van der Waals surface area contributed by atoms with Crippen molar-refractivity contribution in [2.24, 2.45) is 5.92 Å². The lowest BCUT2D eigenvalue weighted by molar-refractivity contribution is -0.175. The lowest BCUT2D eigenvalue weighted by atomic mass is 10.00. The van der Waals surface area contributed by atoms with Crippen LogP contribution in [0.4, 0.5) is 13.2 Å². The minimum Gasteiger partial charge on any atom is -0.394 e. The Bertz CT molecular complexity index is 194. The maximum atomic E-state index is 11.8. The Morgan fingerprint density at radius 2 is 2.00 bits per heavy atom. The minimum atomic E-state index is -4.89. The van der Waals surface area contributed by atoms with E-state index in [0.29, 0.717) is 6.42 Å².